The van der Waals surface area contributed by atoms with Gasteiger partial charge in [0.05, 0.1) is 21.8 Å². The molecule has 2 aromatic carbocycles. The number of Topliss-reactive ketones (excluding diaryl/α,β-unsaturated/α-hetero) is 1. The van der Waals surface area contributed by atoms with Crippen molar-refractivity contribution in [3.8, 4) is 11.5 Å². The number of aliphatic hydroxyl groups excluding tert-OH is 1. The molecule has 2 aliphatic heterocycles. The lowest BCUT2D eigenvalue weighted by atomic mass is 9.96. The fraction of sp³-hybridized carbons (Fsp3) is 0.120. The van der Waals surface area contributed by atoms with Crippen LogP contribution in [0, 0.1) is 5.82 Å². The van der Waals surface area contributed by atoms with Gasteiger partial charge in [-0.3, -0.25) is 19.5 Å². The Labute approximate surface area is 201 Å². The molecule has 1 amide bonds. The number of hydrogen-bond acceptors (Lipinski definition) is 8. The summed E-state index contributed by atoms with van der Waals surface area (Å²) in [6.45, 7) is 0.770. The number of rotatable bonds is 3. The fourth-order valence-corrected chi connectivity index (χ4v) is 5.24. The molecule has 4 heterocycles. The molecule has 1 N–H and O–H groups in total. The van der Waals surface area contributed by atoms with Crippen molar-refractivity contribution in [3.05, 3.63) is 83.4 Å². The second kappa shape index (κ2) is 8.17. The first-order valence-corrected chi connectivity index (χ1v) is 11.5. The quantitative estimate of drug-likeness (QED) is 0.261. The largest absolute Gasteiger partial charge is 0.507 e. The van der Waals surface area contributed by atoms with Crippen LogP contribution in [0.5, 0.6) is 11.5 Å². The highest BCUT2D eigenvalue weighted by molar-refractivity contribution is 7.22. The number of aromatic nitrogens is 2. The molecular formula is C25H16FN3O5S. The summed E-state index contributed by atoms with van der Waals surface area (Å²) in [5.74, 6) is -1.55. The first kappa shape index (κ1) is 21.2. The first-order chi connectivity index (χ1) is 17.0. The van der Waals surface area contributed by atoms with Crippen molar-refractivity contribution in [1.82, 2.24) is 9.97 Å². The Hall–Kier alpha value is -4.31. The van der Waals surface area contributed by atoms with E-state index in [-0.39, 0.29) is 16.5 Å². The highest BCUT2D eigenvalue weighted by Gasteiger charge is 2.48. The number of fused-ring (bicyclic) bond motifs is 2. The van der Waals surface area contributed by atoms with E-state index >= 15 is 0 Å². The predicted octanol–water partition coefficient (Wildman–Crippen LogP) is 4.23. The van der Waals surface area contributed by atoms with Crippen molar-refractivity contribution < 1.29 is 28.6 Å². The van der Waals surface area contributed by atoms with Crippen molar-refractivity contribution in [2.24, 2.45) is 0 Å². The third kappa shape index (κ3) is 3.50. The number of thiazole rings is 1. The Morgan fingerprint density at radius 2 is 1.91 bits per heavy atom. The number of ketones is 1. The lowest BCUT2D eigenvalue weighted by Gasteiger charge is -2.23. The van der Waals surface area contributed by atoms with Gasteiger partial charge in [0.15, 0.2) is 16.6 Å². The molecule has 1 atom stereocenters. The van der Waals surface area contributed by atoms with Gasteiger partial charge in [0.1, 0.15) is 24.8 Å². The normalized spacial score (nSPS) is 18.9. The van der Waals surface area contributed by atoms with Gasteiger partial charge in [-0.05, 0) is 48.0 Å². The molecular weight excluding hydrogens is 473 g/mol. The van der Waals surface area contributed by atoms with Crippen molar-refractivity contribution in [2.45, 2.75) is 6.04 Å². The Balaban J connectivity index is 1.53. The van der Waals surface area contributed by atoms with Gasteiger partial charge >= 0.3 is 5.91 Å². The number of carbonyl (C=O) groups is 2. The van der Waals surface area contributed by atoms with Crippen LogP contribution in [-0.2, 0) is 9.59 Å². The second-order valence-electron chi connectivity index (χ2n) is 7.92. The Bertz CT molecular complexity index is 1530. The second-order valence-corrected chi connectivity index (χ2v) is 8.93. The van der Waals surface area contributed by atoms with E-state index in [2.05, 4.69) is 9.97 Å². The summed E-state index contributed by atoms with van der Waals surface area (Å²) < 4.78 is 25.4. The van der Waals surface area contributed by atoms with E-state index in [1.54, 1.807) is 36.5 Å². The van der Waals surface area contributed by atoms with E-state index in [1.807, 2.05) is 0 Å². The maximum atomic E-state index is 13.8. The number of halogens is 1. The van der Waals surface area contributed by atoms with Crippen LogP contribution in [0.25, 0.3) is 16.0 Å². The van der Waals surface area contributed by atoms with Gasteiger partial charge in [0.25, 0.3) is 5.78 Å². The van der Waals surface area contributed by atoms with Gasteiger partial charge in [0.2, 0.25) is 0 Å². The van der Waals surface area contributed by atoms with Crippen LogP contribution in [0.4, 0.5) is 9.52 Å². The number of anilines is 1. The lowest BCUT2D eigenvalue weighted by molar-refractivity contribution is -0.132. The van der Waals surface area contributed by atoms with Crippen LogP contribution < -0.4 is 14.4 Å². The van der Waals surface area contributed by atoms with Crippen LogP contribution in [0.15, 0.2) is 66.5 Å². The monoisotopic (exact) mass is 489 g/mol. The van der Waals surface area contributed by atoms with Crippen LogP contribution >= 0.6 is 11.3 Å². The third-order valence-electron chi connectivity index (χ3n) is 5.81. The minimum Gasteiger partial charge on any atom is -0.507 e. The van der Waals surface area contributed by atoms with Gasteiger partial charge in [0, 0.05) is 18.0 Å². The minimum absolute atomic E-state index is 0.106. The smallest absolute Gasteiger partial charge is 0.301 e. The lowest BCUT2D eigenvalue weighted by Crippen LogP contribution is -2.29. The van der Waals surface area contributed by atoms with Crippen LogP contribution in [0.2, 0.25) is 0 Å². The summed E-state index contributed by atoms with van der Waals surface area (Å²) in [5.41, 5.74) is 1.19. The fourth-order valence-electron chi connectivity index (χ4n) is 4.22. The van der Waals surface area contributed by atoms with E-state index in [0.717, 1.165) is 11.3 Å². The van der Waals surface area contributed by atoms with E-state index in [1.165, 1.54) is 29.3 Å². The van der Waals surface area contributed by atoms with Crippen LogP contribution in [-0.4, -0.2) is 40.0 Å². The number of amides is 1. The zero-order valence-electron chi connectivity index (χ0n) is 18.0. The number of nitrogens with zero attached hydrogens (tertiary/aromatic N) is 3. The highest BCUT2D eigenvalue weighted by Crippen LogP contribution is 2.44. The van der Waals surface area contributed by atoms with Gasteiger partial charge in [-0.15, -0.1) is 0 Å². The molecule has 1 saturated heterocycles. The average Bonchev–Trinajstić information content (AvgIpc) is 3.41. The molecule has 0 aliphatic carbocycles. The minimum atomic E-state index is -0.984. The summed E-state index contributed by atoms with van der Waals surface area (Å²) in [7, 11) is 0. The zero-order chi connectivity index (χ0) is 24.1. The number of hydrogen-bond donors (Lipinski definition) is 1. The van der Waals surface area contributed by atoms with E-state index < -0.39 is 23.5 Å². The van der Waals surface area contributed by atoms with Gasteiger partial charge in [-0.1, -0.05) is 17.4 Å². The number of carbonyl (C=O) groups excluding carboxylic acids is 2. The summed E-state index contributed by atoms with van der Waals surface area (Å²) >= 11 is 1.08. The number of pyridine rings is 1. The van der Waals surface area contributed by atoms with Crippen LogP contribution in [0.3, 0.4) is 0 Å². The number of benzene rings is 2. The van der Waals surface area contributed by atoms with Gasteiger partial charge in [-0.25, -0.2) is 9.37 Å². The molecule has 4 aromatic rings. The molecule has 35 heavy (non-hydrogen) atoms. The molecule has 10 heteroatoms. The molecule has 2 aromatic heterocycles. The number of ether oxygens (including phenoxy) is 2. The van der Waals surface area contributed by atoms with Crippen molar-refractivity contribution >= 4 is 44.1 Å². The van der Waals surface area contributed by atoms with Crippen molar-refractivity contribution in [1.29, 1.82) is 0 Å². The molecule has 0 saturated carbocycles. The molecule has 0 bridgehead atoms. The molecule has 1 fully saturated rings. The maximum absolute atomic E-state index is 13.8. The summed E-state index contributed by atoms with van der Waals surface area (Å²) in [4.78, 5) is 36.4. The topological polar surface area (TPSA) is 102 Å². The molecule has 6 rings (SSSR count). The van der Waals surface area contributed by atoms with Crippen molar-refractivity contribution in [2.75, 3.05) is 18.1 Å². The average molecular weight is 489 g/mol. The summed E-state index contributed by atoms with van der Waals surface area (Å²) in [6, 6.07) is 11.3. The van der Waals surface area contributed by atoms with E-state index in [9.17, 15) is 19.1 Å². The molecule has 1 unspecified atom stereocenters. The predicted molar refractivity (Wildman–Crippen MR) is 126 cm³/mol. The summed E-state index contributed by atoms with van der Waals surface area (Å²) in [6.07, 6.45) is 3.09. The highest BCUT2D eigenvalue weighted by atomic mass is 32.1. The SMILES string of the molecule is O=C1C(=O)N(c2nc3ccc(F)cc3s2)C(c2cccnc2)/C1=C(\O)c1ccc2c(c1)OCCO2. The Morgan fingerprint density at radius 3 is 2.71 bits per heavy atom. The molecule has 174 valence electrons. The van der Waals surface area contributed by atoms with E-state index in [4.69, 9.17) is 9.47 Å². The standard InChI is InChI=1S/C25H16FN3O5S/c26-15-4-5-16-19(11-15)35-25(28-16)29-21(14-2-1-7-27-12-14)20(23(31)24(29)32)22(30)13-3-6-17-18(10-13)34-9-8-33-17/h1-7,10-12,21,30H,8-9H2/b22-20+. The number of aliphatic hydroxyl groups is 1. The summed E-state index contributed by atoms with van der Waals surface area (Å²) in [5, 5.41) is 11.5. The molecule has 0 radical (unpaired) electrons. The molecule has 0 spiro atoms. The Morgan fingerprint density at radius 1 is 1.09 bits per heavy atom. The van der Waals surface area contributed by atoms with Crippen molar-refractivity contribution in [3.63, 3.8) is 0 Å². The van der Waals surface area contributed by atoms with Crippen LogP contribution in [0.1, 0.15) is 17.2 Å². The van der Waals surface area contributed by atoms with E-state index in [0.29, 0.717) is 46.1 Å². The third-order valence-corrected chi connectivity index (χ3v) is 6.82. The first-order valence-electron chi connectivity index (χ1n) is 10.7. The van der Waals surface area contributed by atoms with Gasteiger partial charge < -0.3 is 14.6 Å². The van der Waals surface area contributed by atoms with Gasteiger partial charge in [-0.2, -0.15) is 0 Å². The zero-order valence-corrected chi connectivity index (χ0v) is 18.8. The molecule has 2 aliphatic rings. The maximum Gasteiger partial charge on any atom is 0.301 e. The Kier molecular flexibility index (Phi) is 4.96. The molecule has 8 nitrogen and oxygen atoms in total.